The molecule has 0 heterocycles. The number of nitrogens with one attached hydrogen (secondary N) is 1. The van der Waals surface area contributed by atoms with Gasteiger partial charge in [-0.3, -0.25) is 4.79 Å². The Morgan fingerprint density at radius 3 is 2.64 bits per heavy atom. The summed E-state index contributed by atoms with van der Waals surface area (Å²) < 4.78 is 11.1. The highest BCUT2D eigenvalue weighted by molar-refractivity contribution is 9.10. The van der Waals surface area contributed by atoms with Gasteiger partial charge in [-0.1, -0.05) is 12.1 Å². The Morgan fingerprint density at radius 2 is 1.95 bits per heavy atom. The molecule has 0 atom stereocenters. The van der Waals surface area contributed by atoms with E-state index in [1.807, 2.05) is 30.3 Å². The number of amides is 1. The predicted octanol–water partition coefficient (Wildman–Crippen LogP) is 4.12. The molecule has 0 radical (unpaired) electrons. The quantitative estimate of drug-likeness (QED) is 0.814. The summed E-state index contributed by atoms with van der Waals surface area (Å²) in [7, 11) is 3.19. The monoisotopic (exact) mass is 361 g/mol. The fourth-order valence-electron chi connectivity index (χ4n) is 1.84. The van der Waals surface area contributed by atoms with Crippen LogP contribution in [-0.4, -0.2) is 20.1 Å². The van der Waals surface area contributed by atoms with Gasteiger partial charge in [-0.25, -0.2) is 0 Å². The van der Waals surface area contributed by atoms with Gasteiger partial charge in [-0.05, 0) is 51.8 Å². The van der Waals surface area contributed by atoms with Crippen molar-refractivity contribution in [2.75, 3.05) is 19.5 Å². The zero-order chi connectivity index (χ0) is 15.9. The Kier molecular flexibility index (Phi) is 5.61. The Hall–Kier alpha value is -2.27. The van der Waals surface area contributed by atoms with E-state index in [0.29, 0.717) is 11.4 Å². The maximum Gasteiger partial charge on any atom is 0.248 e. The number of anilines is 1. The number of rotatable bonds is 5. The number of carbonyl (C=O) groups excluding carboxylic acids is 1. The molecular weight excluding hydrogens is 346 g/mol. The van der Waals surface area contributed by atoms with E-state index in [4.69, 9.17) is 9.47 Å². The first-order valence-corrected chi connectivity index (χ1v) is 7.38. The number of benzene rings is 2. The summed E-state index contributed by atoms with van der Waals surface area (Å²) in [6.07, 6.45) is 3.22. The molecule has 0 aliphatic carbocycles. The van der Waals surface area contributed by atoms with Crippen LogP contribution in [0.4, 0.5) is 5.69 Å². The molecular formula is C17H16BrNO3. The minimum Gasteiger partial charge on any atom is -0.497 e. The van der Waals surface area contributed by atoms with E-state index in [1.165, 1.54) is 6.08 Å². The SMILES string of the molecule is COc1cccc(NC(=O)/C=C/c2ccc(OC)c(Br)c2)c1. The lowest BCUT2D eigenvalue weighted by molar-refractivity contribution is -0.111. The fraction of sp³-hybridized carbons (Fsp3) is 0.118. The summed E-state index contributed by atoms with van der Waals surface area (Å²) in [4.78, 5) is 11.9. The standard InChI is InChI=1S/C17H16BrNO3/c1-21-14-5-3-4-13(11-14)19-17(20)9-7-12-6-8-16(22-2)15(18)10-12/h3-11H,1-2H3,(H,19,20)/b9-7+. The van der Waals surface area contributed by atoms with Crippen LogP contribution in [0.3, 0.4) is 0 Å². The number of carbonyl (C=O) groups is 1. The minimum atomic E-state index is -0.208. The van der Waals surface area contributed by atoms with E-state index in [1.54, 1.807) is 32.4 Å². The first-order valence-electron chi connectivity index (χ1n) is 6.59. The van der Waals surface area contributed by atoms with E-state index in [9.17, 15) is 4.79 Å². The molecule has 4 nitrogen and oxygen atoms in total. The van der Waals surface area contributed by atoms with Crippen molar-refractivity contribution in [2.24, 2.45) is 0 Å². The maximum atomic E-state index is 11.9. The highest BCUT2D eigenvalue weighted by Crippen LogP contribution is 2.26. The summed E-state index contributed by atoms with van der Waals surface area (Å²) in [5.41, 5.74) is 1.58. The first kappa shape index (κ1) is 16.1. The van der Waals surface area contributed by atoms with Gasteiger partial charge in [0.05, 0.1) is 18.7 Å². The van der Waals surface area contributed by atoms with Gasteiger partial charge in [0, 0.05) is 17.8 Å². The molecule has 0 aromatic heterocycles. The van der Waals surface area contributed by atoms with Crippen LogP contribution in [0.5, 0.6) is 11.5 Å². The van der Waals surface area contributed by atoms with Crippen LogP contribution in [0.15, 0.2) is 53.0 Å². The highest BCUT2D eigenvalue weighted by atomic mass is 79.9. The number of methoxy groups -OCH3 is 2. The molecule has 1 N–H and O–H groups in total. The zero-order valence-electron chi connectivity index (χ0n) is 12.3. The lowest BCUT2D eigenvalue weighted by Gasteiger charge is -2.05. The van der Waals surface area contributed by atoms with Crippen molar-refractivity contribution in [3.8, 4) is 11.5 Å². The van der Waals surface area contributed by atoms with Crippen LogP contribution in [0.2, 0.25) is 0 Å². The van der Waals surface area contributed by atoms with Crippen molar-refractivity contribution >= 4 is 33.6 Å². The number of hydrogen-bond acceptors (Lipinski definition) is 3. The molecule has 0 fully saturated rings. The van der Waals surface area contributed by atoms with Gasteiger partial charge < -0.3 is 14.8 Å². The third kappa shape index (κ3) is 4.36. The molecule has 0 aliphatic rings. The Bertz CT molecular complexity index is 698. The fourth-order valence-corrected chi connectivity index (χ4v) is 2.40. The molecule has 0 aliphatic heterocycles. The van der Waals surface area contributed by atoms with Gasteiger partial charge in [0.15, 0.2) is 0 Å². The molecule has 5 heteroatoms. The molecule has 114 valence electrons. The van der Waals surface area contributed by atoms with Gasteiger partial charge in [0.2, 0.25) is 5.91 Å². The Labute approximate surface area is 137 Å². The summed E-state index contributed by atoms with van der Waals surface area (Å²) in [6.45, 7) is 0. The van der Waals surface area contributed by atoms with Gasteiger partial charge in [-0.15, -0.1) is 0 Å². The van der Waals surface area contributed by atoms with Gasteiger partial charge in [0.1, 0.15) is 11.5 Å². The van der Waals surface area contributed by atoms with Gasteiger partial charge in [-0.2, -0.15) is 0 Å². The van der Waals surface area contributed by atoms with Crippen LogP contribution in [0, 0.1) is 0 Å². The highest BCUT2D eigenvalue weighted by Gasteiger charge is 2.01. The van der Waals surface area contributed by atoms with Crippen molar-refractivity contribution in [3.05, 3.63) is 58.6 Å². The molecule has 22 heavy (non-hydrogen) atoms. The third-order valence-corrected chi connectivity index (χ3v) is 3.56. The van der Waals surface area contributed by atoms with Crippen molar-refractivity contribution in [2.45, 2.75) is 0 Å². The largest absolute Gasteiger partial charge is 0.497 e. The van der Waals surface area contributed by atoms with Crippen molar-refractivity contribution in [1.82, 2.24) is 0 Å². The zero-order valence-corrected chi connectivity index (χ0v) is 13.9. The molecule has 0 unspecified atom stereocenters. The van der Waals surface area contributed by atoms with E-state index < -0.39 is 0 Å². The van der Waals surface area contributed by atoms with E-state index >= 15 is 0 Å². The molecule has 2 aromatic rings. The number of ether oxygens (including phenoxy) is 2. The maximum absolute atomic E-state index is 11.9. The molecule has 0 saturated heterocycles. The van der Waals surface area contributed by atoms with Gasteiger partial charge >= 0.3 is 0 Å². The summed E-state index contributed by atoms with van der Waals surface area (Å²) in [5, 5.41) is 2.78. The number of hydrogen-bond donors (Lipinski definition) is 1. The first-order chi connectivity index (χ1) is 10.6. The van der Waals surface area contributed by atoms with E-state index in [2.05, 4.69) is 21.2 Å². The second kappa shape index (κ2) is 7.66. The third-order valence-electron chi connectivity index (χ3n) is 2.94. The molecule has 2 rings (SSSR count). The smallest absolute Gasteiger partial charge is 0.248 e. The second-order valence-corrected chi connectivity index (χ2v) is 5.30. The van der Waals surface area contributed by atoms with E-state index in [-0.39, 0.29) is 5.91 Å². The van der Waals surface area contributed by atoms with Crippen molar-refractivity contribution in [3.63, 3.8) is 0 Å². The summed E-state index contributed by atoms with van der Waals surface area (Å²) in [6, 6.07) is 12.8. The Balaban J connectivity index is 2.03. The van der Waals surface area contributed by atoms with Crippen LogP contribution in [-0.2, 0) is 4.79 Å². The molecule has 2 aromatic carbocycles. The molecule has 0 spiro atoms. The molecule has 0 saturated carbocycles. The van der Waals surface area contributed by atoms with E-state index in [0.717, 1.165) is 15.8 Å². The predicted molar refractivity (Wildman–Crippen MR) is 91.4 cm³/mol. The average Bonchev–Trinajstić information content (AvgIpc) is 2.53. The van der Waals surface area contributed by atoms with Crippen LogP contribution in [0.25, 0.3) is 6.08 Å². The van der Waals surface area contributed by atoms with Crippen molar-refractivity contribution < 1.29 is 14.3 Å². The minimum absolute atomic E-state index is 0.208. The van der Waals surface area contributed by atoms with Crippen LogP contribution in [0.1, 0.15) is 5.56 Å². The normalized spacial score (nSPS) is 10.5. The Morgan fingerprint density at radius 1 is 1.14 bits per heavy atom. The van der Waals surface area contributed by atoms with Crippen LogP contribution < -0.4 is 14.8 Å². The summed E-state index contributed by atoms with van der Waals surface area (Å²) >= 11 is 3.41. The topological polar surface area (TPSA) is 47.6 Å². The second-order valence-electron chi connectivity index (χ2n) is 4.45. The van der Waals surface area contributed by atoms with Crippen LogP contribution >= 0.6 is 15.9 Å². The number of halogens is 1. The summed E-state index contributed by atoms with van der Waals surface area (Å²) in [5.74, 6) is 1.24. The lowest BCUT2D eigenvalue weighted by atomic mass is 10.2. The molecule has 0 bridgehead atoms. The lowest BCUT2D eigenvalue weighted by Crippen LogP contribution is -2.07. The average molecular weight is 362 g/mol. The van der Waals surface area contributed by atoms with Gasteiger partial charge in [0.25, 0.3) is 0 Å². The van der Waals surface area contributed by atoms with Crippen molar-refractivity contribution in [1.29, 1.82) is 0 Å². The molecule has 1 amide bonds.